The van der Waals surface area contributed by atoms with Crippen LogP contribution in [-0.4, -0.2) is 18.7 Å². The first kappa shape index (κ1) is 13.4. The number of benzene rings is 1. The molecule has 0 unspecified atom stereocenters. The Kier molecular flexibility index (Phi) is 4.05. The molecule has 0 spiro atoms. The average Bonchev–Trinajstić information content (AvgIpc) is 2.22. The molecule has 0 aliphatic carbocycles. The molecule has 0 heterocycles. The molecule has 1 aromatic rings. The van der Waals surface area contributed by atoms with E-state index >= 15 is 0 Å². The number of hydrogen-bond acceptors (Lipinski definition) is 3. The lowest BCUT2D eigenvalue weighted by Gasteiger charge is -2.14. The molecule has 0 fully saturated rings. The van der Waals surface area contributed by atoms with Gasteiger partial charge in [0.05, 0.1) is 13.5 Å². The molecular weight excluding hydrogens is 216 g/mol. The molecule has 0 bridgehead atoms. The number of methoxy groups -OCH3 is 1. The minimum atomic E-state index is -0.113. The fourth-order valence-corrected chi connectivity index (χ4v) is 2.00. The Balaban J connectivity index is 3.30. The Bertz CT molecular complexity index is 473. The van der Waals surface area contributed by atoms with Crippen LogP contribution in [0.2, 0.25) is 0 Å². The third-order valence-corrected chi connectivity index (χ3v) is 2.96. The zero-order valence-corrected chi connectivity index (χ0v) is 11.0. The van der Waals surface area contributed by atoms with E-state index in [1.807, 2.05) is 26.8 Å². The van der Waals surface area contributed by atoms with Gasteiger partial charge in [0.2, 0.25) is 0 Å². The Hall–Kier alpha value is -1.64. The van der Waals surface area contributed by atoms with Gasteiger partial charge in [-0.15, -0.1) is 0 Å². The average molecular weight is 234 g/mol. The van der Waals surface area contributed by atoms with Crippen LogP contribution in [0, 0.1) is 20.8 Å². The summed E-state index contributed by atoms with van der Waals surface area (Å²) in [5.74, 6) is 0.555. The van der Waals surface area contributed by atoms with Gasteiger partial charge in [-0.3, -0.25) is 9.59 Å². The summed E-state index contributed by atoms with van der Waals surface area (Å²) in [7, 11) is 1.61. The second-order valence-electron chi connectivity index (χ2n) is 4.32. The Morgan fingerprint density at radius 2 is 1.76 bits per heavy atom. The molecule has 1 aromatic carbocycles. The van der Waals surface area contributed by atoms with E-state index in [-0.39, 0.29) is 18.0 Å². The smallest absolute Gasteiger partial charge is 0.170 e. The van der Waals surface area contributed by atoms with E-state index in [1.54, 1.807) is 7.11 Å². The maximum Gasteiger partial charge on any atom is 0.170 e. The predicted octanol–water partition coefficient (Wildman–Crippen LogP) is 2.78. The van der Waals surface area contributed by atoms with Gasteiger partial charge in [-0.2, -0.15) is 0 Å². The Morgan fingerprint density at radius 3 is 2.24 bits per heavy atom. The molecule has 0 N–H and O–H groups in total. The van der Waals surface area contributed by atoms with Gasteiger partial charge in [-0.05, 0) is 50.5 Å². The SMILES string of the molecule is COc1cc(C)c(C(=O)CC(C)=O)c(C)c1C. The lowest BCUT2D eigenvalue weighted by Crippen LogP contribution is -2.10. The van der Waals surface area contributed by atoms with Crippen molar-refractivity contribution in [1.82, 2.24) is 0 Å². The van der Waals surface area contributed by atoms with E-state index in [9.17, 15) is 9.59 Å². The standard InChI is InChI=1S/C14H18O3/c1-8-6-13(17-5)10(3)11(4)14(8)12(16)7-9(2)15/h6H,7H2,1-5H3. The molecule has 92 valence electrons. The Morgan fingerprint density at radius 1 is 1.18 bits per heavy atom. The normalized spacial score (nSPS) is 10.2. The van der Waals surface area contributed by atoms with Crippen LogP contribution >= 0.6 is 0 Å². The van der Waals surface area contributed by atoms with Gasteiger partial charge in [0.15, 0.2) is 5.78 Å². The van der Waals surface area contributed by atoms with Gasteiger partial charge >= 0.3 is 0 Å². The quantitative estimate of drug-likeness (QED) is 0.594. The minimum Gasteiger partial charge on any atom is -0.496 e. The molecule has 0 aliphatic heterocycles. The number of rotatable bonds is 4. The van der Waals surface area contributed by atoms with Crippen molar-refractivity contribution in [3.63, 3.8) is 0 Å². The zero-order valence-electron chi connectivity index (χ0n) is 11.0. The van der Waals surface area contributed by atoms with Crippen LogP contribution in [0.5, 0.6) is 5.75 Å². The number of aryl methyl sites for hydroxylation is 1. The first-order valence-electron chi connectivity index (χ1n) is 5.56. The molecule has 3 nitrogen and oxygen atoms in total. The maximum atomic E-state index is 12.0. The summed E-state index contributed by atoms with van der Waals surface area (Å²) >= 11 is 0. The van der Waals surface area contributed by atoms with E-state index < -0.39 is 0 Å². The van der Waals surface area contributed by atoms with Crippen LogP contribution in [0.3, 0.4) is 0 Å². The van der Waals surface area contributed by atoms with Gasteiger partial charge in [0.1, 0.15) is 11.5 Å². The Labute approximate surface area is 102 Å². The van der Waals surface area contributed by atoms with Gasteiger partial charge in [-0.1, -0.05) is 0 Å². The summed E-state index contributed by atoms with van der Waals surface area (Å²) in [6.45, 7) is 7.09. The third-order valence-electron chi connectivity index (χ3n) is 2.96. The van der Waals surface area contributed by atoms with E-state index in [0.29, 0.717) is 5.56 Å². The van der Waals surface area contributed by atoms with Crippen molar-refractivity contribution >= 4 is 11.6 Å². The fourth-order valence-electron chi connectivity index (χ4n) is 2.00. The number of hydrogen-bond donors (Lipinski definition) is 0. The van der Waals surface area contributed by atoms with E-state index in [0.717, 1.165) is 22.4 Å². The van der Waals surface area contributed by atoms with Crippen LogP contribution < -0.4 is 4.74 Å². The van der Waals surface area contributed by atoms with Gasteiger partial charge in [0, 0.05) is 5.56 Å². The van der Waals surface area contributed by atoms with E-state index in [1.165, 1.54) is 6.92 Å². The van der Waals surface area contributed by atoms with Crippen molar-refractivity contribution in [2.45, 2.75) is 34.1 Å². The molecule has 0 aliphatic rings. The van der Waals surface area contributed by atoms with Crippen molar-refractivity contribution < 1.29 is 14.3 Å². The lowest BCUT2D eigenvalue weighted by atomic mass is 9.92. The summed E-state index contributed by atoms with van der Waals surface area (Å²) < 4.78 is 5.24. The second-order valence-corrected chi connectivity index (χ2v) is 4.32. The molecule has 3 heteroatoms. The van der Waals surface area contributed by atoms with Crippen LogP contribution in [0.4, 0.5) is 0 Å². The molecule has 0 amide bonds. The van der Waals surface area contributed by atoms with Crippen LogP contribution in [0.1, 0.15) is 40.4 Å². The molecule has 17 heavy (non-hydrogen) atoms. The highest BCUT2D eigenvalue weighted by Gasteiger charge is 2.17. The van der Waals surface area contributed by atoms with Gasteiger partial charge < -0.3 is 4.74 Å². The highest BCUT2D eigenvalue weighted by molar-refractivity contribution is 6.09. The molecule has 0 atom stereocenters. The van der Waals surface area contributed by atoms with Crippen LogP contribution in [0.25, 0.3) is 0 Å². The number of Topliss-reactive ketones (excluding diaryl/α,β-unsaturated/α-hetero) is 2. The van der Waals surface area contributed by atoms with Crippen molar-refractivity contribution in [3.8, 4) is 5.75 Å². The van der Waals surface area contributed by atoms with Gasteiger partial charge in [-0.25, -0.2) is 0 Å². The first-order chi connectivity index (χ1) is 7.88. The highest BCUT2D eigenvalue weighted by atomic mass is 16.5. The largest absolute Gasteiger partial charge is 0.496 e. The van der Waals surface area contributed by atoms with Crippen molar-refractivity contribution in [2.75, 3.05) is 7.11 Å². The number of carbonyl (C=O) groups is 2. The summed E-state index contributed by atoms with van der Waals surface area (Å²) in [5, 5.41) is 0. The molecule has 0 radical (unpaired) electrons. The predicted molar refractivity (Wildman–Crippen MR) is 66.8 cm³/mol. The number of ketones is 2. The molecule has 0 aromatic heterocycles. The fraction of sp³-hybridized carbons (Fsp3) is 0.429. The first-order valence-corrected chi connectivity index (χ1v) is 5.56. The zero-order chi connectivity index (χ0) is 13.2. The van der Waals surface area contributed by atoms with E-state index in [4.69, 9.17) is 4.74 Å². The summed E-state index contributed by atoms with van der Waals surface area (Å²) in [5.41, 5.74) is 3.35. The number of ether oxygens (including phenoxy) is 1. The van der Waals surface area contributed by atoms with Crippen molar-refractivity contribution in [1.29, 1.82) is 0 Å². The topological polar surface area (TPSA) is 43.4 Å². The van der Waals surface area contributed by atoms with Crippen LogP contribution in [-0.2, 0) is 4.79 Å². The monoisotopic (exact) mass is 234 g/mol. The lowest BCUT2D eigenvalue weighted by molar-refractivity contribution is -0.116. The summed E-state index contributed by atoms with van der Waals surface area (Å²) in [4.78, 5) is 23.0. The van der Waals surface area contributed by atoms with Gasteiger partial charge in [0.25, 0.3) is 0 Å². The molecule has 0 saturated heterocycles. The molecule has 1 rings (SSSR count). The summed E-state index contributed by atoms with van der Waals surface area (Å²) in [6, 6.07) is 1.84. The van der Waals surface area contributed by atoms with Crippen molar-refractivity contribution in [3.05, 3.63) is 28.3 Å². The summed E-state index contributed by atoms with van der Waals surface area (Å²) in [6.07, 6.45) is -0.0343. The maximum absolute atomic E-state index is 12.0. The number of carbonyl (C=O) groups excluding carboxylic acids is 2. The third kappa shape index (κ3) is 2.73. The molecular formula is C14H18O3. The van der Waals surface area contributed by atoms with Crippen LogP contribution in [0.15, 0.2) is 6.07 Å². The van der Waals surface area contributed by atoms with Crippen molar-refractivity contribution in [2.24, 2.45) is 0 Å². The second kappa shape index (κ2) is 5.13. The molecule has 0 saturated carbocycles. The highest BCUT2D eigenvalue weighted by Crippen LogP contribution is 2.28. The minimum absolute atomic E-state index is 0.0343. The van der Waals surface area contributed by atoms with E-state index in [2.05, 4.69) is 0 Å².